The van der Waals surface area contributed by atoms with Gasteiger partial charge in [0.15, 0.2) is 0 Å². The third-order valence-corrected chi connectivity index (χ3v) is 1.72. The molecule has 0 radical (unpaired) electrons. The van der Waals surface area contributed by atoms with Gasteiger partial charge >= 0.3 is 0 Å². The fourth-order valence-corrected chi connectivity index (χ4v) is 1.02. The summed E-state index contributed by atoms with van der Waals surface area (Å²) >= 11 is 0. The molecule has 1 rings (SSSR count). The maximum Gasteiger partial charge on any atom is 0.272 e. The van der Waals surface area contributed by atoms with Gasteiger partial charge in [-0.05, 0) is 24.6 Å². The third kappa shape index (κ3) is 3.05. The zero-order valence-electron chi connectivity index (χ0n) is 8.43. The summed E-state index contributed by atoms with van der Waals surface area (Å²) in [5.41, 5.74) is 4.78. The molecule has 0 aliphatic rings. The molecule has 80 valence electrons. The summed E-state index contributed by atoms with van der Waals surface area (Å²) in [6.07, 6.45) is 0. The van der Waals surface area contributed by atoms with E-state index in [1.807, 2.05) is 0 Å². The Morgan fingerprint density at radius 2 is 1.93 bits per heavy atom. The first kappa shape index (κ1) is 11.2. The van der Waals surface area contributed by atoms with Crippen molar-refractivity contribution < 1.29 is 14.0 Å². The van der Waals surface area contributed by atoms with Gasteiger partial charge in [-0.2, -0.15) is 0 Å². The molecule has 0 aliphatic heterocycles. The van der Waals surface area contributed by atoms with Crippen LogP contribution in [0.25, 0.3) is 0 Å². The molecule has 0 bridgehead atoms. The van der Waals surface area contributed by atoms with E-state index in [4.69, 9.17) is 0 Å². The van der Waals surface area contributed by atoms with E-state index in [0.717, 1.165) is 5.56 Å². The van der Waals surface area contributed by atoms with E-state index in [9.17, 15) is 14.0 Å². The standard InChI is InChI=1S/C10H11FN2O2/c1-6-3-4-8(9(11)5-6)10(15)13-12-7(2)14/h3-5H,1-2H3,(H,12,14)(H,13,15). The van der Waals surface area contributed by atoms with Crippen LogP contribution in [0.1, 0.15) is 22.8 Å². The van der Waals surface area contributed by atoms with Crippen LogP contribution in [0.15, 0.2) is 18.2 Å². The highest BCUT2D eigenvalue weighted by Crippen LogP contribution is 2.09. The van der Waals surface area contributed by atoms with Crippen molar-refractivity contribution in [1.29, 1.82) is 0 Å². The van der Waals surface area contributed by atoms with E-state index >= 15 is 0 Å². The minimum Gasteiger partial charge on any atom is -0.274 e. The summed E-state index contributed by atoms with van der Waals surface area (Å²) < 4.78 is 13.3. The maximum atomic E-state index is 13.3. The minimum absolute atomic E-state index is 0.102. The second-order valence-corrected chi connectivity index (χ2v) is 3.12. The highest BCUT2D eigenvalue weighted by molar-refractivity contribution is 5.95. The Balaban J connectivity index is 2.78. The van der Waals surface area contributed by atoms with Gasteiger partial charge in [0.2, 0.25) is 5.91 Å². The van der Waals surface area contributed by atoms with Crippen molar-refractivity contribution in [2.75, 3.05) is 0 Å². The summed E-state index contributed by atoms with van der Waals surface area (Å²) in [5, 5.41) is 0. The lowest BCUT2D eigenvalue weighted by atomic mass is 10.1. The lowest BCUT2D eigenvalue weighted by Crippen LogP contribution is -2.40. The van der Waals surface area contributed by atoms with Gasteiger partial charge in [0.25, 0.3) is 5.91 Å². The molecule has 2 amide bonds. The van der Waals surface area contributed by atoms with Crippen LogP contribution in [-0.4, -0.2) is 11.8 Å². The molecule has 2 N–H and O–H groups in total. The average molecular weight is 210 g/mol. The van der Waals surface area contributed by atoms with Gasteiger partial charge in [0.1, 0.15) is 5.82 Å². The van der Waals surface area contributed by atoms with Gasteiger partial charge in [-0.15, -0.1) is 0 Å². The van der Waals surface area contributed by atoms with Crippen molar-refractivity contribution in [1.82, 2.24) is 10.9 Å². The monoisotopic (exact) mass is 210 g/mol. The van der Waals surface area contributed by atoms with Crippen molar-refractivity contribution in [3.05, 3.63) is 35.1 Å². The first-order chi connectivity index (χ1) is 7.00. The molecule has 0 unspecified atom stereocenters. The number of nitrogens with one attached hydrogen (secondary N) is 2. The molecule has 15 heavy (non-hydrogen) atoms. The molecule has 0 saturated heterocycles. The molecule has 1 aromatic carbocycles. The number of hydrogen-bond donors (Lipinski definition) is 2. The number of rotatable bonds is 1. The van der Waals surface area contributed by atoms with E-state index in [-0.39, 0.29) is 5.56 Å². The number of halogens is 1. The molecule has 0 fully saturated rings. The average Bonchev–Trinajstić information content (AvgIpc) is 2.14. The Labute approximate surface area is 86.4 Å². The third-order valence-electron chi connectivity index (χ3n) is 1.72. The topological polar surface area (TPSA) is 58.2 Å². The highest BCUT2D eigenvalue weighted by Gasteiger charge is 2.11. The molecule has 0 atom stereocenters. The molecule has 1 aromatic rings. The van der Waals surface area contributed by atoms with E-state index in [1.54, 1.807) is 13.0 Å². The summed E-state index contributed by atoms with van der Waals surface area (Å²) in [7, 11) is 0. The van der Waals surface area contributed by atoms with E-state index < -0.39 is 17.6 Å². The van der Waals surface area contributed by atoms with Gasteiger partial charge in [-0.1, -0.05) is 6.07 Å². The van der Waals surface area contributed by atoms with Crippen LogP contribution in [0.5, 0.6) is 0 Å². The van der Waals surface area contributed by atoms with Crippen LogP contribution in [0.4, 0.5) is 4.39 Å². The number of aryl methyl sites for hydroxylation is 1. The summed E-state index contributed by atoms with van der Waals surface area (Å²) in [6.45, 7) is 2.96. The van der Waals surface area contributed by atoms with Crippen molar-refractivity contribution >= 4 is 11.8 Å². The lowest BCUT2D eigenvalue weighted by molar-refractivity contribution is -0.119. The first-order valence-corrected chi connectivity index (χ1v) is 4.34. The Morgan fingerprint density at radius 1 is 1.27 bits per heavy atom. The number of amides is 2. The number of carbonyl (C=O) groups excluding carboxylic acids is 2. The van der Waals surface area contributed by atoms with Crippen LogP contribution in [-0.2, 0) is 4.79 Å². The molecular weight excluding hydrogens is 199 g/mol. The zero-order valence-corrected chi connectivity index (χ0v) is 8.43. The van der Waals surface area contributed by atoms with Crippen molar-refractivity contribution in [3.8, 4) is 0 Å². The smallest absolute Gasteiger partial charge is 0.272 e. The number of hydrogen-bond acceptors (Lipinski definition) is 2. The second kappa shape index (κ2) is 4.54. The van der Waals surface area contributed by atoms with Crippen LogP contribution in [0.3, 0.4) is 0 Å². The number of hydrazine groups is 1. The molecule has 4 nitrogen and oxygen atoms in total. The highest BCUT2D eigenvalue weighted by atomic mass is 19.1. The van der Waals surface area contributed by atoms with Gasteiger partial charge in [0, 0.05) is 6.92 Å². The molecule has 0 saturated carbocycles. The van der Waals surface area contributed by atoms with E-state index in [1.165, 1.54) is 19.1 Å². The van der Waals surface area contributed by atoms with Crippen LogP contribution < -0.4 is 10.9 Å². The predicted octanol–water partition coefficient (Wildman–Crippen LogP) is 0.915. The molecular formula is C10H11FN2O2. The molecule has 0 aromatic heterocycles. The Hall–Kier alpha value is -1.91. The molecule has 5 heteroatoms. The largest absolute Gasteiger partial charge is 0.274 e. The first-order valence-electron chi connectivity index (χ1n) is 4.34. The van der Waals surface area contributed by atoms with Crippen LogP contribution in [0.2, 0.25) is 0 Å². The summed E-state index contributed by atoms with van der Waals surface area (Å²) in [6, 6.07) is 4.23. The lowest BCUT2D eigenvalue weighted by Gasteiger charge is -2.06. The summed E-state index contributed by atoms with van der Waals surface area (Å²) in [5.74, 6) is -1.71. The zero-order chi connectivity index (χ0) is 11.4. The molecule has 0 spiro atoms. The van der Waals surface area contributed by atoms with Crippen molar-refractivity contribution in [3.63, 3.8) is 0 Å². The quantitative estimate of drug-likeness (QED) is 0.677. The Morgan fingerprint density at radius 3 is 2.47 bits per heavy atom. The fourth-order valence-electron chi connectivity index (χ4n) is 1.02. The van der Waals surface area contributed by atoms with E-state index in [2.05, 4.69) is 10.9 Å². The SMILES string of the molecule is CC(=O)NNC(=O)c1ccc(C)cc1F. The second-order valence-electron chi connectivity index (χ2n) is 3.12. The van der Waals surface area contributed by atoms with Gasteiger partial charge in [-0.25, -0.2) is 4.39 Å². The number of benzene rings is 1. The van der Waals surface area contributed by atoms with Gasteiger partial charge in [-0.3, -0.25) is 20.4 Å². The normalized spacial score (nSPS) is 9.53. The van der Waals surface area contributed by atoms with Crippen molar-refractivity contribution in [2.45, 2.75) is 13.8 Å². The van der Waals surface area contributed by atoms with Gasteiger partial charge < -0.3 is 0 Å². The summed E-state index contributed by atoms with van der Waals surface area (Å²) in [4.78, 5) is 21.8. The maximum absolute atomic E-state index is 13.3. The van der Waals surface area contributed by atoms with Gasteiger partial charge in [0.05, 0.1) is 5.56 Å². The molecule has 0 heterocycles. The van der Waals surface area contributed by atoms with Crippen LogP contribution in [0, 0.1) is 12.7 Å². The van der Waals surface area contributed by atoms with E-state index in [0.29, 0.717) is 0 Å². The minimum atomic E-state index is -0.678. The fraction of sp³-hybridized carbons (Fsp3) is 0.200. The number of carbonyl (C=O) groups is 2. The Bertz CT molecular complexity index is 404. The molecule has 0 aliphatic carbocycles. The van der Waals surface area contributed by atoms with Crippen molar-refractivity contribution in [2.24, 2.45) is 0 Å². The van der Waals surface area contributed by atoms with Crippen LogP contribution >= 0.6 is 0 Å². The Kier molecular flexibility index (Phi) is 3.38. The predicted molar refractivity (Wildman–Crippen MR) is 52.4 cm³/mol.